The summed E-state index contributed by atoms with van der Waals surface area (Å²) < 4.78 is 55.9. The zero-order valence-electron chi connectivity index (χ0n) is 16.3. The first-order chi connectivity index (χ1) is 15.0. The molecule has 0 spiro atoms. The van der Waals surface area contributed by atoms with Gasteiger partial charge in [-0.05, 0) is 42.5 Å². The highest BCUT2D eigenvalue weighted by Gasteiger charge is 2.37. The molecule has 32 heavy (non-hydrogen) atoms. The van der Waals surface area contributed by atoms with Crippen molar-refractivity contribution in [2.24, 2.45) is 0 Å². The fraction of sp³-hybridized carbons (Fsp3) is 0.0909. The highest BCUT2D eigenvalue weighted by atomic mass is 35.5. The number of para-hydroxylation sites is 1. The van der Waals surface area contributed by atoms with E-state index in [9.17, 15) is 27.2 Å². The topological polar surface area (TPSA) is 55.4 Å². The lowest BCUT2D eigenvalue weighted by atomic mass is 10.1. The normalized spacial score (nSPS) is 10.6. The Balaban J connectivity index is 0.000000439. The molecule has 3 rings (SSSR count). The molecule has 0 unspecified atom stereocenters. The molecular weight excluding hydrogens is 473 g/mol. The van der Waals surface area contributed by atoms with E-state index < -0.39 is 34.9 Å². The number of ether oxygens (including phenoxy) is 1. The van der Waals surface area contributed by atoms with Gasteiger partial charge in [-0.2, -0.15) is 13.2 Å². The number of carbonyl (C=O) groups excluding carboxylic acids is 2. The van der Waals surface area contributed by atoms with Gasteiger partial charge in [0.25, 0.3) is 5.91 Å². The van der Waals surface area contributed by atoms with Crippen LogP contribution in [-0.2, 0) is 11.0 Å². The van der Waals surface area contributed by atoms with Crippen LogP contribution < -0.4 is 10.1 Å². The zero-order valence-corrected chi connectivity index (χ0v) is 17.9. The number of carbonyl (C=O) groups is 2. The Hall–Kier alpha value is -3.10. The molecule has 0 aliphatic rings. The Labute approximate surface area is 190 Å². The van der Waals surface area contributed by atoms with Crippen molar-refractivity contribution >= 4 is 40.8 Å². The summed E-state index contributed by atoms with van der Waals surface area (Å²) >= 11 is 11.7. The van der Waals surface area contributed by atoms with Gasteiger partial charge in [0.2, 0.25) is 0 Å². The number of nitrogens with one attached hydrogen (secondary N) is 1. The summed E-state index contributed by atoms with van der Waals surface area (Å²) in [4.78, 5) is 23.6. The predicted molar refractivity (Wildman–Crippen MR) is 114 cm³/mol. The van der Waals surface area contributed by atoms with Crippen LogP contribution in [-0.4, -0.2) is 11.9 Å². The highest BCUT2D eigenvalue weighted by molar-refractivity contribution is 6.36. The third-order valence-corrected chi connectivity index (χ3v) is 4.29. The average Bonchev–Trinajstić information content (AvgIpc) is 2.70. The van der Waals surface area contributed by atoms with Gasteiger partial charge in [0.1, 0.15) is 5.82 Å². The predicted octanol–water partition coefficient (Wildman–Crippen LogP) is 7.02. The molecule has 0 heterocycles. The van der Waals surface area contributed by atoms with E-state index in [-0.39, 0.29) is 21.5 Å². The molecule has 3 aromatic rings. The smallest absolute Gasteiger partial charge is 0.420 e. The van der Waals surface area contributed by atoms with Crippen LogP contribution in [0.1, 0.15) is 22.8 Å². The molecule has 0 saturated carbocycles. The lowest BCUT2D eigenvalue weighted by molar-refractivity contribution is -0.141. The molecule has 3 aromatic carbocycles. The average molecular weight is 488 g/mol. The van der Waals surface area contributed by atoms with Gasteiger partial charge >= 0.3 is 12.1 Å². The van der Waals surface area contributed by atoms with E-state index >= 15 is 0 Å². The molecule has 0 aliphatic heterocycles. The largest absolute Gasteiger partial charge is 0.425 e. The van der Waals surface area contributed by atoms with Crippen molar-refractivity contribution in [3.63, 3.8) is 0 Å². The number of hydrogen-bond acceptors (Lipinski definition) is 3. The zero-order chi connectivity index (χ0) is 23.9. The van der Waals surface area contributed by atoms with Gasteiger partial charge in [-0.25, -0.2) is 4.39 Å². The lowest BCUT2D eigenvalue weighted by Gasteiger charge is -2.16. The summed E-state index contributed by atoms with van der Waals surface area (Å²) in [5.41, 5.74) is -1.61. The second-order valence-electron chi connectivity index (χ2n) is 6.15. The van der Waals surface area contributed by atoms with Crippen molar-refractivity contribution in [1.82, 2.24) is 0 Å². The first-order valence-corrected chi connectivity index (χ1v) is 9.60. The van der Waals surface area contributed by atoms with E-state index in [0.717, 1.165) is 19.1 Å². The Morgan fingerprint density at radius 3 is 2.12 bits per heavy atom. The monoisotopic (exact) mass is 487 g/mol. The van der Waals surface area contributed by atoms with Crippen molar-refractivity contribution in [2.45, 2.75) is 13.1 Å². The van der Waals surface area contributed by atoms with Crippen LogP contribution in [0.4, 0.5) is 23.2 Å². The van der Waals surface area contributed by atoms with E-state index in [1.54, 1.807) is 18.2 Å². The summed E-state index contributed by atoms with van der Waals surface area (Å²) in [7, 11) is 0. The number of rotatable bonds is 3. The van der Waals surface area contributed by atoms with E-state index in [2.05, 4.69) is 10.1 Å². The van der Waals surface area contributed by atoms with Gasteiger partial charge in [-0.3, -0.25) is 9.59 Å². The van der Waals surface area contributed by atoms with Gasteiger partial charge in [0.05, 0.1) is 21.8 Å². The molecule has 0 radical (unpaired) electrons. The molecule has 0 aromatic heterocycles. The number of benzene rings is 3. The first kappa shape index (κ1) is 25.2. The van der Waals surface area contributed by atoms with Crippen molar-refractivity contribution < 1.29 is 31.9 Å². The van der Waals surface area contributed by atoms with E-state index in [0.29, 0.717) is 6.07 Å². The van der Waals surface area contributed by atoms with Crippen LogP contribution in [0.5, 0.6) is 5.75 Å². The minimum Gasteiger partial charge on any atom is -0.425 e. The van der Waals surface area contributed by atoms with Crippen molar-refractivity contribution in [1.29, 1.82) is 0 Å². The third-order valence-electron chi connectivity index (χ3n) is 3.72. The lowest BCUT2D eigenvalue weighted by Crippen LogP contribution is -2.18. The second-order valence-corrected chi connectivity index (χ2v) is 6.99. The molecule has 1 amide bonds. The minimum atomic E-state index is -4.81. The number of halogens is 6. The van der Waals surface area contributed by atoms with Crippen LogP contribution in [0, 0.1) is 5.82 Å². The molecule has 0 saturated heterocycles. The summed E-state index contributed by atoms with van der Waals surface area (Å²) in [6.45, 7) is 0.933. The van der Waals surface area contributed by atoms with Gasteiger partial charge < -0.3 is 10.1 Å². The molecule has 0 bridgehead atoms. The van der Waals surface area contributed by atoms with Gasteiger partial charge in [-0.1, -0.05) is 47.5 Å². The number of esters is 1. The molecule has 1 N–H and O–H groups in total. The molecule has 168 valence electrons. The van der Waals surface area contributed by atoms with Crippen LogP contribution >= 0.6 is 23.2 Å². The van der Waals surface area contributed by atoms with Gasteiger partial charge in [0.15, 0.2) is 5.75 Å². The Kier molecular flexibility index (Phi) is 8.63. The molecule has 4 nitrogen and oxygen atoms in total. The van der Waals surface area contributed by atoms with Crippen LogP contribution in [0.15, 0.2) is 66.7 Å². The summed E-state index contributed by atoms with van der Waals surface area (Å²) in [5, 5.41) is 2.75. The quantitative estimate of drug-likeness (QED) is 0.245. The SMILES string of the molecule is CC(=O)Oc1c(C(=O)Nc2cc(Cl)ccc2Cl)cccc1C(F)(F)F.Fc1ccccc1. The third kappa shape index (κ3) is 7.25. The Morgan fingerprint density at radius 1 is 0.938 bits per heavy atom. The molecular formula is C22H15Cl2F4NO3. The van der Waals surface area contributed by atoms with Gasteiger partial charge in [-0.15, -0.1) is 0 Å². The standard InChI is InChI=1S/C16H10Cl2F3NO3.C6H5F/c1-8(23)25-14-10(3-2-4-11(14)16(19,20)21)15(24)22-13-7-9(17)5-6-12(13)18;7-6-4-2-1-3-5-6/h2-7H,1H3,(H,22,24);1-5H. The molecule has 0 fully saturated rings. The van der Waals surface area contributed by atoms with Crippen molar-refractivity contribution in [3.8, 4) is 5.75 Å². The molecule has 0 atom stereocenters. The maximum absolute atomic E-state index is 13.1. The fourth-order valence-electron chi connectivity index (χ4n) is 2.39. The first-order valence-electron chi connectivity index (χ1n) is 8.84. The van der Waals surface area contributed by atoms with E-state index in [1.807, 2.05) is 0 Å². The van der Waals surface area contributed by atoms with Crippen molar-refractivity contribution in [2.75, 3.05) is 5.32 Å². The number of amides is 1. The second kappa shape index (κ2) is 11.0. The Bertz CT molecular complexity index is 1110. The maximum Gasteiger partial charge on any atom is 0.420 e. The summed E-state index contributed by atoms with van der Waals surface area (Å²) in [5.74, 6) is -2.99. The summed E-state index contributed by atoms with van der Waals surface area (Å²) in [6, 6.07) is 15.0. The number of hydrogen-bond donors (Lipinski definition) is 1. The molecule has 10 heteroatoms. The van der Waals surface area contributed by atoms with E-state index in [4.69, 9.17) is 23.2 Å². The van der Waals surface area contributed by atoms with Crippen LogP contribution in [0.3, 0.4) is 0 Å². The van der Waals surface area contributed by atoms with E-state index in [1.165, 1.54) is 30.3 Å². The van der Waals surface area contributed by atoms with Crippen molar-refractivity contribution in [3.05, 3.63) is 93.7 Å². The number of alkyl halides is 3. The Morgan fingerprint density at radius 2 is 1.59 bits per heavy atom. The molecule has 0 aliphatic carbocycles. The number of anilines is 1. The maximum atomic E-state index is 13.1. The van der Waals surface area contributed by atoms with Crippen LogP contribution in [0.2, 0.25) is 10.0 Å². The minimum absolute atomic E-state index is 0.102. The summed E-state index contributed by atoms with van der Waals surface area (Å²) in [6.07, 6.45) is -4.81. The van der Waals surface area contributed by atoms with Gasteiger partial charge in [0, 0.05) is 11.9 Å². The highest BCUT2D eigenvalue weighted by Crippen LogP contribution is 2.39. The fourth-order valence-corrected chi connectivity index (χ4v) is 2.73. The van der Waals surface area contributed by atoms with Crippen LogP contribution in [0.25, 0.3) is 0 Å².